The minimum atomic E-state index is -3.91. The third-order valence-corrected chi connectivity index (χ3v) is 8.82. The van der Waals surface area contributed by atoms with Gasteiger partial charge in [0.05, 0.1) is 11.4 Å². The quantitative estimate of drug-likeness (QED) is 0.327. The minimum Gasteiger partial charge on any atom is -0.486 e. The molecule has 0 aromatic heterocycles. The highest BCUT2D eigenvalue weighted by molar-refractivity contribution is 7.92. The molecule has 0 spiro atoms. The number of fused-ring (bicyclic) bond motifs is 1. The molecule has 11 heteroatoms. The third kappa shape index (κ3) is 8.64. The first-order valence-corrected chi connectivity index (χ1v) is 16.1. The Bertz CT molecular complexity index is 1520. The molecule has 0 aliphatic carbocycles. The topological polar surface area (TPSA) is 105 Å². The number of nitrogens with zero attached hydrogens (tertiary/aromatic N) is 2. The van der Waals surface area contributed by atoms with E-state index in [0.29, 0.717) is 29.7 Å². The van der Waals surface area contributed by atoms with Crippen LogP contribution < -0.4 is 19.1 Å². The highest BCUT2D eigenvalue weighted by Crippen LogP contribution is 2.35. The minimum absolute atomic E-state index is 0.0617. The highest BCUT2D eigenvalue weighted by atomic mass is 35.5. The molecule has 1 unspecified atom stereocenters. The molecule has 1 aliphatic heterocycles. The van der Waals surface area contributed by atoms with Crippen molar-refractivity contribution in [3.8, 4) is 11.5 Å². The fraction of sp³-hybridized carbons (Fsp3) is 0.375. The standard InChI is InChI=1S/C32H38ClN3O6S/c1-5-43(39,40)36(26-15-16-28-29(20-26)42-18-17-41-28)22-30(37)35(21-24-11-13-25(33)14-12-24)27(31(38)34-32(2,3)4)19-23-9-7-6-8-10-23/h6-16,20,27H,5,17-19,21-22H2,1-4H3,(H,34,38). The summed E-state index contributed by atoms with van der Waals surface area (Å²) in [6, 6.07) is 20.3. The summed E-state index contributed by atoms with van der Waals surface area (Å²) in [6.07, 6.45) is 0.229. The van der Waals surface area contributed by atoms with Gasteiger partial charge < -0.3 is 19.7 Å². The van der Waals surface area contributed by atoms with Crippen LogP contribution in [0.25, 0.3) is 0 Å². The van der Waals surface area contributed by atoms with Crippen molar-refractivity contribution in [3.05, 3.63) is 88.9 Å². The molecule has 0 saturated carbocycles. The number of nitrogens with one attached hydrogen (secondary N) is 1. The second-order valence-electron chi connectivity index (χ2n) is 11.3. The molecule has 0 saturated heterocycles. The van der Waals surface area contributed by atoms with Gasteiger partial charge in [0.25, 0.3) is 0 Å². The van der Waals surface area contributed by atoms with Crippen molar-refractivity contribution in [1.29, 1.82) is 0 Å². The molecule has 1 heterocycles. The molecular weight excluding hydrogens is 590 g/mol. The molecule has 0 fully saturated rings. The van der Waals surface area contributed by atoms with Crippen molar-refractivity contribution in [3.63, 3.8) is 0 Å². The van der Waals surface area contributed by atoms with Gasteiger partial charge >= 0.3 is 0 Å². The number of hydrogen-bond donors (Lipinski definition) is 1. The molecule has 4 rings (SSSR count). The zero-order chi connectivity index (χ0) is 31.2. The van der Waals surface area contributed by atoms with Crippen LogP contribution in [0.5, 0.6) is 11.5 Å². The van der Waals surface area contributed by atoms with Crippen LogP contribution in [0.4, 0.5) is 5.69 Å². The Labute approximate surface area is 258 Å². The maximum absolute atomic E-state index is 14.3. The number of amides is 2. The van der Waals surface area contributed by atoms with E-state index in [4.69, 9.17) is 21.1 Å². The molecule has 0 radical (unpaired) electrons. The molecule has 230 valence electrons. The maximum Gasteiger partial charge on any atom is 0.244 e. The van der Waals surface area contributed by atoms with Gasteiger partial charge in [-0.25, -0.2) is 8.42 Å². The first-order valence-electron chi connectivity index (χ1n) is 14.2. The Balaban J connectivity index is 1.76. The van der Waals surface area contributed by atoms with Gasteiger partial charge in [0.2, 0.25) is 21.8 Å². The fourth-order valence-corrected chi connectivity index (χ4v) is 5.88. The third-order valence-electron chi connectivity index (χ3n) is 6.83. The normalized spacial score (nSPS) is 13.6. The molecule has 2 amide bonds. The average Bonchev–Trinajstić information content (AvgIpc) is 2.97. The number of rotatable bonds is 11. The van der Waals surface area contributed by atoms with Crippen LogP contribution in [0.3, 0.4) is 0 Å². The van der Waals surface area contributed by atoms with E-state index in [1.807, 2.05) is 51.1 Å². The lowest BCUT2D eigenvalue weighted by Gasteiger charge is -2.35. The van der Waals surface area contributed by atoms with E-state index in [1.54, 1.807) is 42.5 Å². The van der Waals surface area contributed by atoms with Crippen molar-refractivity contribution in [1.82, 2.24) is 10.2 Å². The Kier molecular flexibility index (Phi) is 10.2. The van der Waals surface area contributed by atoms with Crippen LogP contribution in [-0.4, -0.2) is 62.2 Å². The Morgan fingerprint density at radius 2 is 1.58 bits per heavy atom. The zero-order valence-electron chi connectivity index (χ0n) is 24.9. The zero-order valence-corrected chi connectivity index (χ0v) is 26.5. The summed E-state index contributed by atoms with van der Waals surface area (Å²) in [7, 11) is -3.91. The van der Waals surface area contributed by atoms with Crippen molar-refractivity contribution in [2.24, 2.45) is 0 Å². The molecule has 1 N–H and O–H groups in total. The molecule has 43 heavy (non-hydrogen) atoms. The van der Waals surface area contributed by atoms with Gasteiger partial charge in [0.15, 0.2) is 11.5 Å². The van der Waals surface area contributed by atoms with Crippen molar-refractivity contribution in [2.75, 3.05) is 29.8 Å². The predicted molar refractivity (Wildman–Crippen MR) is 168 cm³/mol. The summed E-state index contributed by atoms with van der Waals surface area (Å²) in [5.74, 6) is -0.211. The SMILES string of the molecule is CCS(=O)(=O)N(CC(=O)N(Cc1ccc(Cl)cc1)C(Cc1ccccc1)C(=O)NC(C)(C)C)c1ccc2c(c1)OCCO2. The number of halogens is 1. The lowest BCUT2D eigenvalue weighted by Crippen LogP contribution is -2.56. The van der Waals surface area contributed by atoms with Crippen LogP contribution in [0.2, 0.25) is 5.02 Å². The van der Waals surface area contributed by atoms with Crippen molar-refractivity contribution in [2.45, 2.75) is 52.2 Å². The van der Waals surface area contributed by atoms with E-state index in [9.17, 15) is 18.0 Å². The van der Waals surface area contributed by atoms with E-state index < -0.39 is 34.1 Å². The Morgan fingerprint density at radius 1 is 0.930 bits per heavy atom. The van der Waals surface area contributed by atoms with Gasteiger partial charge in [-0.15, -0.1) is 0 Å². The van der Waals surface area contributed by atoms with Crippen LogP contribution in [0, 0.1) is 0 Å². The Hall–Kier alpha value is -3.76. The summed E-state index contributed by atoms with van der Waals surface area (Å²) in [6.45, 7) is 7.39. The van der Waals surface area contributed by atoms with E-state index in [1.165, 1.54) is 11.8 Å². The van der Waals surface area contributed by atoms with Gasteiger partial charge in [-0.2, -0.15) is 0 Å². The van der Waals surface area contributed by atoms with Crippen molar-refractivity contribution < 1.29 is 27.5 Å². The summed E-state index contributed by atoms with van der Waals surface area (Å²) >= 11 is 6.12. The number of sulfonamides is 1. The largest absolute Gasteiger partial charge is 0.486 e. The van der Waals surface area contributed by atoms with Gasteiger partial charge in [0.1, 0.15) is 25.8 Å². The predicted octanol–water partition coefficient (Wildman–Crippen LogP) is 4.82. The average molecular weight is 628 g/mol. The lowest BCUT2D eigenvalue weighted by atomic mass is 10.0. The number of anilines is 1. The first-order chi connectivity index (χ1) is 20.4. The van der Waals surface area contributed by atoms with Crippen LogP contribution in [0.15, 0.2) is 72.8 Å². The number of benzene rings is 3. The molecule has 3 aromatic carbocycles. The smallest absolute Gasteiger partial charge is 0.244 e. The number of ether oxygens (including phenoxy) is 2. The van der Waals surface area contributed by atoms with Gasteiger partial charge in [-0.05, 0) is 63.1 Å². The van der Waals surface area contributed by atoms with Crippen LogP contribution in [-0.2, 0) is 32.6 Å². The first kappa shape index (κ1) is 32.2. The molecule has 9 nitrogen and oxygen atoms in total. The van der Waals surface area contributed by atoms with Gasteiger partial charge in [-0.3, -0.25) is 13.9 Å². The maximum atomic E-state index is 14.3. The summed E-state index contributed by atoms with van der Waals surface area (Å²) < 4.78 is 39.1. The molecule has 1 aliphatic rings. The number of hydrogen-bond acceptors (Lipinski definition) is 6. The summed E-state index contributed by atoms with van der Waals surface area (Å²) in [5, 5.41) is 3.55. The summed E-state index contributed by atoms with van der Waals surface area (Å²) in [4.78, 5) is 29.6. The fourth-order valence-electron chi connectivity index (χ4n) is 4.70. The molecule has 3 aromatic rings. The number of carbonyl (C=O) groups excluding carboxylic acids is 2. The van der Waals surface area contributed by atoms with E-state index in [0.717, 1.165) is 15.4 Å². The van der Waals surface area contributed by atoms with Gasteiger partial charge in [-0.1, -0.05) is 54.1 Å². The van der Waals surface area contributed by atoms with Crippen LogP contribution >= 0.6 is 11.6 Å². The Morgan fingerprint density at radius 3 is 2.21 bits per heavy atom. The number of carbonyl (C=O) groups is 2. The second-order valence-corrected chi connectivity index (χ2v) is 13.9. The molecule has 0 bridgehead atoms. The monoisotopic (exact) mass is 627 g/mol. The van der Waals surface area contributed by atoms with E-state index in [2.05, 4.69) is 5.32 Å². The van der Waals surface area contributed by atoms with Crippen LogP contribution in [0.1, 0.15) is 38.8 Å². The molecule has 1 atom stereocenters. The van der Waals surface area contributed by atoms with E-state index >= 15 is 0 Å². The van der Waals surface area contributed by atoms with E-state index in [-0.39, 0.29) is 30.3 Å². The lowest BCUT2D eigenvalue weighted by molar-refractivity contribution is -0.140. The highest BCUT2D eigenvalue weighted by Gasteiger charge is 2.35. The second kappa shape index (κ2) is 13.7. The van der Waals surface area contributed by atoms with Crippen molar-refractivity contribution >= 4 is 39.1 Å². The molecular formula is C32H38ClN3O6S. The summed E-state index contributed by atoms with van der Waals surface area (Å²) in [5.41, 5.74) is 1.30. The van der Waals surface area contributed by atoms with Gasteiger partial charge in [0, 0.05) is 29.6 Å².